The van der Waals surface area contributed by atoms with E-state index in [0.717, 1.165) is 16.2 Å². The molecule has 0 aromatic heterocycles. The first-order chi connectivity index (χ1) is 16.2. The van der Waals surface area contributed by atoms with Gasteiger partial charge in [-0.3, -0.25) is 0 Å². The molecule has 0 saturated heterocycles. The van der Waals surface area contributed by atoms with Crippen LogP contribution >= 0.6 is 23.2 Å². The molecule has 0 amide bonds. The molecule has 0 spiro atoms. The van der Waals surface area contributed by atoms with Crippen LogP contribution in [-0.2, 0) is 6.16 Å². The van der Waals surface area contributed by atoms with E-state index in [-0.39, 0.29) is 17.0 Å². The monoisotopic (exact) mass is 600 g/mol. The molecule has 6 heteroatoms. The summed E-state index contributed by atoms with van der Waals surface area (Å²) in [6.45, 7) is 0. The van der Waals surface area contributed by atoms with Gasteiger partial charge in [-0.15, -0.1) is 0 Å². The summed E-state index contributed by atoms with van der Waals surface area (Å²) >= 11 is 3.82. The Hall–Kier alpha value is -2.33. The van der Waals surface area contributed by atoms with Crippen molar-refractivity contribution in [3.63, 3.8) is 0 Å². The zero-order valence-electron chi connectivity index (χ0n) is 19.4. The van der Waals surface area contributed by atoms with Gasteiger partial charge in [0.25, 0.3) is 0 Å². The Balaban J connectivity index is 0.00000324. The number of benzene rings is 4. The van der Waals surface area contributed by atoms with Gasteiger partial charge in [-0.05, 0) is 58.4 Å². The molecule has 4 aromatic rings. The number of ether oxygens (including phenoxy) is 3. The first-order valence-electron chi connectivity index (χ1n) is 10.7. The van der Waals surface area contributed by atoms with Crippen molar-refractivity contribution in [1.29, 1.82) is 0 Å². The minimum atomic E-state index is -2.07. The number of hydrogen-bond donors (Lipinski definition) is 0. The van der Waals surface area contributed by atoms with Crippen LogP contribution < -0.4 is 47.1 Å². The van der Waals surface area contributed by atoms with Crippen LogP contribution in [0.5, 0.6) is 17.2 Å². The summed E-state index contributed by atoms with van der Waals surface area (Å²) in [5, 5.41) is 3.97. The van der Waals surface area contributed by atoms with E-state index < -0.39 is 7.26 Å². The van der Waals surface area contributed by atoms with Gasteiger partial charge in [0.15, 0.2) is 11.5 Å². The van der Waals surface area contributed by atoms with Crippen LogP contribution in [0.25, 0.3) is 0 Å². The highest BCUT2D eigenvalue weighted by Crippen LogP contribution is 2.60. The molecular weight excluding hydrogens is 575 g/mol. The standard InChI is InChI=1S/C28H27BrO3P.BrH/c1-30-25-19-21(26(29)28(32-3)27(25)31-2)20-33(22-13-7-4-8-14-22,23-15-9-5-10-16-23)24-17-11-6-12-18-24;/h4-19H,20H2,1-3H3;1H/q+1;/p-1. The van der Waals surface area contributed by atoms with Crippen molar-refractivity contribution in [1.82, 2.24) is 0 Å². The van der Waals surface area contributed by atoms with Crippen molar-refractivity contribution >= 4 is 39.1 Å². The van der Waals surface area contributed by atoms with Gasteiger partial charge in [-0.25, -0.2) is 0 Å². The third-order valence-electron chi connectivity index (χ3n) is 5.84. The molecule has 0 radical (unpaired) electrons. The van der Waals surface area contributed by atoms with Gasteiger partial charge in [0.05, 0.1) is 32.0 Å². The van der Waals surface area contributed by atoms with Crippen molar-refractivity contribution in [2.24, 2.45) is 0 Å². The molecule has 0 aliphatic heterocycles. The maximum Gasteiger partial charge on any atom is 0.204 e. The van der Waals surface area contributed by atoms with E-state index in [2.05, 4.69) is 113 Å². The molecule has 4 aromatic carbocycles. The SMILES string of the molecule is COc1cc(C[P+](c2ccccc2)(c2ccccc2)c2ccccc2)c(Br)c(OC)c1OC.[Br-]. The lowest BCUT2D eigenvalue weighted by Crippen LogP contribution is -3.00. The molecule has 0 N–H and O–H groups in total. The van der Waals surface area contributed by atoms with Crippen LogP contribution in [0.4, 0.5) is 0 Å². The average Bonchev–Trinajstić information content (AvgIpc) is 2.89. The second-order valence-electron chi connectivity index (χ2n) is 7.59. The van der Waals surface area contributed by atoms with Crippen LogP contribution in [-0.4, -0.2) is 21.3 Å². The zero-order chi connectivity index (χ0) is 23.3. The van der Waals surface area contributed by atoms with E-state index in [9.17, 15) is 0 Å². The number of rotatable bonds is 8. The third-order valence-corrected chi connectivity index (χ3v) is 11.1. The molecule has 0 heterocycles. The molecule has 34 heavy (non-hydrogen) atoms. The van der Waals surface area contributed by atoms with Crippen LogP contribution in [0.2, 0.25) is 0 Å². The normalized spacial score (nSPS) is 10.8. The highest BCUT2D eigenvalue weighted by molar-refractivity contribution is 9.10. The van der Waals surface area contributed by atoms with Gasteiger partial charge in [-0.2, -0.15) is 0 Å². The smallest absolute Gasteiger partial charge is 0.204 e. The molecule has 0 aliphatic rings. The molecule has 0 atom stereocenters. The number of hydrogen-bond acceptors (Lipinski definition) is 3. The van der Waals surface area contributed by atoms with Gasteiger partial charge in [0.2, 0.25) is 5.75 Å². The summed E-state index contributed by atoms with van der Waals surface area (Å²) < 4.78 is 17.9. The third kappa shape index (κ3) is 4.88. The average molecular weight is 602 g/mol. The highest BCUT2D eigenvalue weighted by atomic mass is 79.9. The molecular formula is C28H27Br2O3P. The zero-order valence-corrected chi connectivity index (χ0v) is 23.4. The molecule has 3 nitrogen and oxygen atoms in total. The molecule has 0 fully saturated rings. The Morgan fingerprint density at radius 1 is 0.618 bits per heavy atom. The van der Waals surface area contributed by atoms with Gasteiger partial charge in [0.1, 0.15) is 23.2 Å². The second kappa shape index (κ2) is 11.9. The fourth-order valence-corrected chi connectivity index (χ4v) is 9.37. The van der Waals surface area contributed by atoms with Crippen molar-refractivity contribution in [2.75, 3.05) is 21.3 Å². The predicted molar refractivity (Wildman–Crippen MR) is 143 cm³/mol. The van der Waals surface area contributed by atoms with E-state index in [1.165, 1.54) is 15.9 Å². The lowest BCUT2D eigenvalue weighted by molar-refractivity contribution is -0.00000718. The van der Waals surface area contributed by atoms with Crippen molar-refractivity contribution in [2.45, 2.75) is 6.16 Å². The van der Waals surface area contributed by atoms with Crippen molar-refractivity contribution < 1.29 is 31.2 Å². The Morgan fingerprint density at radius 3 is 1.38 bits per heavy atom. The van der Waals surface area contributed by atoms with E-state index in [4.69, 9.17) is 14.2 Å². The van der Waals surface area contributed by atoms with E-state index in [1.807, 2.05) is 0 Å². The predicted octanol–water partition coefficient (Wildman–Crippen LogP) is 2.97. The fraction of sp³-hybridized carbons (Fsp3) is 0.143. The van der Waals surface area contributed by atoms with E-state index in [1.54, 1.807) is 21.3 Å². The summed E-state index contributed by atoms with van der Waals surface area (Å²) in [4.78, 5) is 0. The Bertz CT molecular complexity index is 1110. The maximum absolute atomic E-state index is 5.74. The molecule has 0 bridgehead atoms. The van der Waals surface area contributed by atoms with E-state index >= 15 is 0 Å². The summed E-state index contributed by atoms with van der Waals surface area (Å²) in [5.41, 5.74) is 1.11. The Labute approximate surface area is 221 Å². The lowest BCUT2D eigenvalue weighted by Gasteiger charge is -2.28. The molecule has 0 saturated carbocycles. The van der Waals surface area contributed by atoms with Crippen LogP contribution in [0, 0.1) is 0 Å². The molecule has 176 valence electrons. The summed E-state index contributed by atoms with van der Waals surface area (Å²) in [5.74, 6) is 1.87. The maximum atomic E-state index is 5.74. The summed E-state index contributed by atoms with van der Waals surface area (Å²) in [7, 11) is 2.87. The second-order valence-corrected chi connectivity index (χ2v) is 11.9. The Morgan fingerprint density at radius 2 is 1.03 bits per heavy atom. The van der Waals surface area contributed by atoms with Crippen molar-refractivity contribution in [3.05, 3.63) is 107 Å². The first kappa shape index (κ1) is 26.3. The molecule has 0 aliphatic carbocycles. The summed E-state index contributed by atoms with van der Waals surface area (Å²) in [6, 6.07) is 34.5. The quantitative estimate of drug-likeness (QED) is 0.291. The van der Waals surface area contributed by atoms with Crippen LogP contribution in [0.15, 0.2) is 102 Å². The van der Waals surface area contributed by atoms with Gasteiger partial charge < -0.3 is 31.2 Å². The topological polar surface area (TPSA) is 27.7 Å². The highest BCUT2D eigenvalue weighted by Gasteiger charge is 2.46. The largest absolute Gasteiger partial charge is 1.00 e. The van der Waals surface area contributed by atoms with Gasteiger partial charge >= 0.3 is 0 Å². The minimum Gasteiger partial charge on any atom is -1.00 e. The fourth-order valence-electron chi connectivity index (χ4n) is 4.31. The molecule has 0 unspecified atom stereocenters. The summed E-state index contributed by atoms with van der Waals surface area (Å²) in [6.07, 6.45) is 0.794. The van der Waals surface area contributed by atoms with Gasteiger partial charge in [0, 0.05) is 5.56 Å². The van der Waals surface area contributed by atoms with Gasteiger partial charge in [-0.1, -0.05) is 54.6 Å². The minimum absolute atomic E-state index is 0. The molecule has 4 rings (SSSR count). The first-order valence-corrected chi connectivity index (χ1v) is 13.4. The van der Waals surface area contributed by atoms with E-state index in [0.29, 0.717) is 17.2 Å². The Kier molecular flexibility index (Phi) is 9.18. The lowest BCUT2D eigenvalue weighted by atomic mass is 10.2. The number of halogens is 2. The van der Waals surface area contributed by atoms with Crippen LogP contribution in [0.1, 0.15) is 5.56 Å². The van der Waals surface area contributed by atoms with Crippen molar-refractivity contribution in [3.8, 4) is 17.2 Å². The van der Waals surface area contributed by atoms with Crippen LogP contribution in [0.3, 0.4) is 0 Å². The number of methoxy groups -OCH3 is 3.